The van der Waals surface area contributed by atoms with Crippen molar-refractivity contribution in [1.29, 1.82) is 0 Å². The number of hydrogen-bond acceptors (Lipinski definition) is 5. The zero-order valence-corrected chi connectivity index (χ0v) is 11.2. The molecule has 0 saturated heterocycles. The number of aldehydes is 1. The fourth-order valence-corrected chi connectivity index (χ4v) is 1.95. The average molecular weight is 288 g/mol. The lowest BCUT2D eigenvalue weighted by molar-refractivity contribution is -0.138. The van der Waals surface area contributed by atoms with Crippen LogP contribution in [0.25, 0.3) is 0 Å². The van der Waals surface area contributed by atoms with Crippen LogP contribution in [0.3, 0.4) is 0 Å². The molecule has 0 aliphatic carbocycles. The minimum absolute atomic E-state index is 0.00766. The van der Waals surface area contributed by atoms with Crippen LogP contribution in [0.2, 0.25) is 5.02 Å². The number of hydrogen-bond donors (Lipinski definition) is 2. The minimum atomic E-state index is -1.14. The van der Waals surface area contributed by atoms with Crippen LogP contribution in [0.4, 0.5) is 0 Å². The molecule has 1 rings (SSSR count). The lowest BCUT2D eigenvalue weighted by Crippen LogP contribution is -2.32. The molecule has 0 aliphatic rings. The highest BCUT2D eigenvalue weighted by atomic mass is 35.5. The Hall–Kier alpha value is -1.79. The van der Waals surface area contributed by atoms with Crippen molar-refractivity contribution in [3.8, 4) is 11.5 Å². The van der Waals surface area contributed by atoms with Crippen molar-refractivity contribution in [2.45, 2.75) is 12.5 Å². The first kappa shape index (κ1) is 15.3. The largest absolute Gasteiger partial charge is 0.493 e. The molecule has 0 aliphatic heterocycles. The fourth-order valence-electron chi connectivity index (χ4n) is 1.68. The molecule has 0 aromatic heterocycles. The van der Waals surface area contributed by atoms with E-state index in [4.69, 9.17) is 31.9 Å². The Morgan fingerprint density at radius 2 is 2.05 bits per heavy atom. The maximum Gasteiger partial charge on any atom is 0.320 e. The van der Waals surface area contributed by atoms with Gasteiger partial charge in [0.1, 0.15) is 6.04 Å². The van der Waals surface area contributed by atoms with Crippen molar-refractivity contribution in [1.82, 2.24) is 0 Å². The quantitative estimate of drug-likeness (QED) is 0.761. The molecule has 1 unspecified atom stereocenters. The summed E-state index contributed by atoms with van der Waals surface area (Å²) in [5.74, 6) is -0.722. The molecule has 104 valence electrons. The number of carbonyl (C=O) groups excluding carboxylic acids is 1. The molecule has 0 heterocycles. The molecule has 1 atom stereocenters. The molecule has 0 fully saturated rings. The molecule has 1 aromatic carbocycles. The van der Waals surface area contributed by atoms with Crippen LogP contribution in [0.15, 0.2) is 6.07 Å². The zero-order chi connectivity index (χ0) is 14.6. The van der Waals surface area contributed by atoms with Gasteiger partial charge in [0.2, 0.25) is 0 Å². The lowest BCUT2D eigenvalue weighted by atomic mass is 10.0. The summed E-state index contributed by atoms with van der Waals surface area (Å²) >= 11 is 5.95. The van der Waals surface area contributed by atoms with Crippen LogP contribution in [0.5, 0.6) is 11.5 Å². The lowest BCUT2D eigenvalue weighted by Gasteiger charge is -2.16. The van der Waals surface area contributed by atoms with Crippen LogP contribution in [0, 0.1) is 0 Å². The summed E-state index contributed by atoms with van der Waals surface area (Å²) in [6, 6.07) is 0.354. The number of nitrogens with two attached hydrogens (primary N) is 1. The molecular weight excluding hydrogens is 274 g/mol. The number of carboxylic acids is 1. The van der Waals surface area contributed by atoms with E-state index >= 15 is 0 Å². The summed E-state index contributed by atoms with van der Waals surface area (Å²) in [6.07, 6.45) is 0.554. The SMILES string of the molecule is COc1c(CC(N)C(=O)O)cc(Cl)c(C=O)c1OC. The van der Waals surface area contributed by atoms with Gasteiger partial charge >= 0.3 is 5.97 Å². The van der Waals surface area contributed by atoms with E-state index in [1.807, 2.05) is 0 Å². The molecule has 6 nitrogen and oxygen atoms in total. The van der Waals surface area contributed by atoms with Crippen molar-refractivity contribution in [2.24, 2.45) is 5.73 Å². The minimum Gasteiger partial charge on any atom is -0.493 e. The van der Waals surface area contributed by atoms with Gasteiger partial charge in [0.15, 0.2) is 17.8 Å². The van der Waals surface area contributed by atoms with Crippen LogP contribution in [-0.4, -0.2) is 37.6 Å². The Kier molecular flexibility index (Phi) is 5.14. The normalized spacial score (nSPS) is 11.8. The number of aliphatic carboxylic acids is 1. The molecule has 0 saturated carbocycles. The predicted octanol–water partition coefficient (Wildman–Crippen LogP) is 1.12. The molecule has 7 heteroatoms. The number of halogens is 1. The van der Waals surface area contributed by atoms with Gasteiger partial charge in [0, 0.05) is 12.0 Å². The van der Waals surface area contributed by atoms with E-state index in [0.717, 1.165) is 0 Å². The molecule has 0 amide bonds. The molecule has 1 aromatic rings. The van der Waals surface area contributed by atoms with Gasteiger partial charge in [0.05, 0.1) is 24.8 Å². The van der Waals surface area contributed by atoms with E-state index in [1.54, 1.807) is 0 Å². The fraction of sp³-hybridized carbons (Fsp3) is 0.333. The van der Waals surface area contributed by atoms with E-state index in [2.05, 4.69) is 0 Å². The maximum atomic E-state index is 11.0. The summed E-state index contributed by atoms with van der Waals surface area (Å²) in [5, 5.41) is 8.97. The molecule has 3 N–H and O–H groups in total. The second-order valence-electron chi connectivity index (χ2n) is 3.76. The van der Waals surface area contributed by atoms with Gasteiger partial charge in [-0.1, -0.05) is 11.6 Å². The summed E-state index contributed by atoms with van der Waals surface area (Å²) in [5.41, 5.74) is 6.09. The van der Waals surface area contributed by atoms with E-state index in [0.29, 0.717) is 11.8 Å². The van der Waals surface area contributed by atoms with E-state index in [1.165, 1.54) is 20.3 Å². The Balaban J connectivity index is 3.36. The summed E-state index contributed by atoms with van der Waals surface area (Å²) in [7, 11) is 2.75. The van der Waals surface area contributed by atoms with Crippen LogP contribution in [0.1, 0.15) is 15.9 Å². The van der Waals surface area contributed by atoms with Gasteiger partial charge in [0.25, 0.3) is 0 Å². The van der Waals surface area contributed by atoms with Crippen molar-refractivity contribution in [3.63, 3.8) is 0 Å². The van der Waals surface area contributed by atoms with Gasteiger partial charge in [-0.25, -0.2) is 0 Å². The van der Waals surface area contributed by atoms with Gasteiger partial charge < -0.3 is 20.3 Å². The Morgan fingerprint density at radius 3 is 2.47 bits per heavy atom. The first-order valence-electron chi connectivity index (χ1n) is 5.33. The van der Waals surface area contributed by atoms with E-state index in [-0.39, 0.29) is 28.5 Å². The molecule has 19 heavy (non-hydrogen) atoms. The third-order valence-corrected chi connectivity index (χ3v) is 2.90. The molecular formula is C12H14ClNO5. The number of benzene rings is 1. The summed E-state index contributed by atoms with van der Waals surface area (Å²) in [4.78, 5) is 21.8. The van der Waals surface area contributed by atoms with Gasteiger partial charge in [-0.3, -0.25) is 9.59 Å². The second-order valence-corrected chi connectivity index (χ2v) is 4.17. The first-order valence-corrected chi connectivity index (χ1v) is 5.70. The Labute approximate surface area is 115 Å². The van der Waals surface area contributed by atoms with Gasteiger partial charge in [-0.05, 0) is 6.07 Å². The highest BCUT2D eigenvalue weighted by Gasteiger charge is 2.22. The van der Waals surface area contributed by atoms with Crippen LogP contribution < -0.4 is 15.2 Å². The van der Waals surface area contributed by atoms with Gasteiger partial charge in [-0.2, -0.15) is 0 Å². The highest BCUT2D eigenvalue weighted by Crippen LogP contribution is 2.38. The third kappa shape index (κ3) is 3.15. The number of carboxylic acid groups (broad SMARTS) is 1. The van der Waals surface area contributed by atoms with Crippen molar-refractivity contribution >= 4 is 23.9 Å². The monoisotopic (exact) mass is 287 g/mol. The third-order valence-electron chi connectivity index (χ3n) is 2.58. The summed E-state index contributed by atoms with van der Waals surface area (Å²) in [6.45, 7) is 0. The van der Waals surface area contributed by atoms with E-state index in [9.17, 15) is 9.59 Å². The number of methoxy groups -OCH3 is 2. The van der Waals surface area contributed by atoms with Crippen molar-refractivity contribution in [2.75, 3.05) is 14.2 Å². The van der Waals surface area contributed by atoms with Crippen LogP contribution >= 0.6 is 11.6 Å². The van der Waals surface area contributed by atoms with Crippen molar-refractivity contribution < 1.29 is 24.2 Å². The maximum absolute atomic E-state index is 11.0. The predicted molar refractivity (Wildman–Crippen MR) is 69.3 cm³/mol. The molecule has 0 spiro atoms. The molecule has 0 radical (unpaired) electrons. The standard InChI is InChI=1S/C12H14ClNO5/c1-18-10-6(4-9(14)12(16)17)3-8(13)7(5-15)11(10)19-2/h3,5,9H,4,14H2,1-2H3,(H,16,17). The Bertz CT molecular complexity index is 503. The molecule has 0 bridgehead atoms. The average Bonchev–Trinajstić information content (AvgIpc) is 2.37. The first-order chi connectivity index (χ1) is 8.96. The highest BCUT2D eigenvalue weighted by molar-refractivity contribution is 6.33. The topological polar surface area (TPSA) is 98.9 Å². The van der Waals surface area contributed by atoms with Crippen molar-refractivity contribution in [3.05, 3.63) is 22.2 Å². The number of carbonyl (C=O) groups is 2. The van der Waals surface area contributed by atoms with E-state index < -0.39 is 12.0 Å². The van der Waals surface area contributed by atoms with Gasteiger partial charge in [-0.15, -0.1) is 0 Å². The van der Waals surface area contributed by atoms with Crippen LogP contribution in [-0.2, 0) is 11.2 Å². The number of rotatable bonds is 6. The number of ether oxygens (including phenoxy) is 2. The zero-order valence-electron chi connectivity index (χ0n) is 10.5. The Morgan fingerprint density at radius 1 is 1.47 bits per heavy atom. The summed E-state index contributed by atoms with van der Waals surface area (Å²) < 4.78 is 10.2. The smallest absolute Gasteiger partial charge is 0.320 e. The second kappa shape index (κ2) is 6.40.